The topological polar surface area (TPSA) is 64.1 Å². The van der Waals surface area contributed by atoms with Crippen LogP contribution in [0.5, 0.6) is 0 Å². The molecule has 2 aromatic heterocycles. The van der Waals surface area contributed by atoms with E-state index in [9.17, 15) is 5.11 Å². The summed E-state index contributed by atoms with van der Waals surface area (Å²) in [5.41, 5.74) is 1.96. The van der Waals surface area contributed by atoms with Gasteiger partial charge in [0.1, 0.15) is 6.54 Å². The molecule has 3 rings (SSSR count). The first-order chi connectivity index (χ1) is 8.78. The lowest BCUT2D eigenvalue weighted by atomic mass is 10.2. The quantitative estimate of drug-likeness (QED) is 0.762. The third-order valence-corrected chi connectivity index (χ3v) is 2.91. The van der Waals surface area contributed by atoms with Crippen LogP contribution in [0.1, 0.15) is 17.3 Å². The van der Waals surface area contributed by atoms with Crippen LogP contribution in [0.15, 0.2) is 34.9 Å². The Balaban J connectivity index is 2.06. The molecule has 1 N–H and O–H groups in total. The van der Waals surface area contributed by atoms with Crippen molar-refractivity contribution in [1.29, 1.82) is 0 Å². The van der Waals surface area contributed by atoms with Crippen LogP contribution in [0.25, 0.3) is 10.9 Å². The minimum Gasteiger partial charge on any atom is -0.424 e. The highest BCUT2D eigenvalue weighted by atomic mass is 16.4. The van der Waals surface area contributed by atoms with Crippen molar-refractivity contribution in [2.75, 3.05) is 0 Å². The summed E-state index contributed by atoms with van der Waals surface area (Å²) < 4.78 is 7.38. The molecule has 0 bridgehead atoms. The van der Waals surface area contributed by atoms with E-state index >= 15 is 0 Å². The van der Waals surface area contributed by atoms with Crippen molar-refractivity contribution in [3.05, 3.63) is 47.8 Å². The van der Waals surface area contributed by atoms with E-state index in [1.165, 1.54) is 0 Å². The molecule has 0 amide bonds. The Hall–Kier alpha value is -2.14. The second-order valence-corrected chi connectivity index (χ2v) is 4.17. The third kappa shape index (κ3) is 1.78. The number of hydrogen-bond acceptors (Lipinski definition) is 4. The zero-order chi connectivity index (χ0) is 12.5. The Morgan fingerprint density at radius 1 is 1.28 bits per heavy atom. The molecule has 3 aromatic rings. The van der Waals surface area contributed by atoms with Gasteiger partial charge in [0, 0.05) is 29.6 Å². The maximum absolute atomic E-state index is 9.35. The molecule has 0 atom stereocenters. The zero-order valence-corrected chi connectivity index (χ0v) is 10.00. The molecule has 0 radical (unpaired) electrons. The first-order valence-corrected chi connectivity index (χ1v) is 5.74. The average molecular weight is 243 g/mol. The van der Waals surface area contributed by atoms with Crippen LogP contribution < -0.4 is 0 Å². The highest BCUT2D eigenvalue weighted by Gasteiger charge is 2.10. The molecule has 0 saturated heterocycles. The molecule has 0 saturated carbocycles. The molecular formula is C13H13N3O2. The summed E-state index contributed by atoms with van der Waals surface area (Å²) in [6.45, 7) is 2.31. The molecule has 0 spiro atoms. The highest BCUT2D eigenvalue weighted by Crippen LogP contribution is 2.22. The van der Waals surface area contributed by atoms with Gasteiger partial charge < -0.3 is 14.1 Å². The predicted octanol–water partition coefficient (Wildman–Crippen LogP) is 1.87. The monoisotopic (exact) mass is 243 g/mol. The number of aliphatic hydroxyl groups is 1. The highest BCUT2D eigenvalue weighted by molar-refractivity contribution is 5.83. The van der Waals surface area contributed by atoms with Gasteiger partial charge in [0.2, 0.25) is 11.8 Å². The van der Waals surface area contributed by atoms with E-state index in [1.807, 2.05) is 35.0 Å². The standard InChI is InChI=1S/C13H13N3O2/c1-9-14-15-13(18-9)7-16-6-10(8-17)11-4-2-3-5-12(11)16/h2-6,17H,7-8H2,1H3. The second-order valence-electron chi connectivity index (χ2n) is 4.17. The van der Waals surface area contributed by atoms with E-state index in [0.29, 0.717) is 18.3 Å². The number of aryl methyl sites for hydroxylation is 1. The van der Waals surface area contributed by atoms with E-state index < -0.39 is 0 Å². The maximum Gasteiger partial charge on any atom is 0.236 e. The van der Waals surface area contributed by atoms with E-state index in [0.717, 1.165) is 16.5 Å². The SMILES string of the molecule is Cc1nnc(Cn2cc(CO)c3ccccc32)o1. The van der Waals surface area contributed by atoms with E-state index in [4.69, 9.17) is 4.42 Å². The van der Waals surface area contributed by atoms with Crippen molar-refractivity contribution in [3.63, 3.8) is 0 Å². The van der Waals surface area contributed by atoms with Gasteiger partial charge in [0.15, 0.2) is 0 Å². The number of para-hydroxylation sites is 1. The van der Waals surface area contributed by atoms with Gasteiger partial charge in [-0.2, -0.15) is 0 Å². The van der Waals surface area contributed by atoms with E-state index in [2.05, 4.69) is 10.2 Å². The van der Waals surface area contributed by atoms with Crippen molar-refractivity contribution >= 4 is 10.9 Å². The molecule has 0 aliphatic heterocycles. The van der Waals surface area contributed by atoms with Gasteiger partial charge in [-0.25, -0.2) is 0 Å². The van der Waals surface area contributed by atoms with Crippen molar-refractivity contribution in [1.82, 2.24) is 14.8 Å². The molecule has 18 heavy (non-hydrogen) atoms. The van der Waals surface area contributed by atoms with Gasteiger partial charge in [0.25, 0.3) is 0 Å². The summed E-state index contributed by atoms with van der Waals surface area (Å²) in [5.74, 6) is 1.13. The third-order valence-electron chi connectivity index (χ3n) is 2.91. The first kappa shape index (κ1) is 11.0. The molecule has 0 fully saturated rings. The summed E-state index contributed by atoms with van der Waals surface area (Å²) in [6.07, 6.45) is 1.92. The Morgan fingerprint density at radius 3 is 2.83 bits per heavy atom. The Kier molecular flexibility index (Phi) is 2.60. The molecule has 5 heteroatoms. The number of hydrogen-bond donors (Lipinski definition) is 1. The van der Waals surface area contributed by atoms with Crippen molar-refractivity contribution < 1.29 is 9.52 Å². The lowest BCUT2D eigenvalue weighted by Crippen LogP contribution is -1.98. The van der Waals surface area contributed by atoms with Gasteiger partial charge in [-0.1, -0.05) is 18.2 Å². The van der Waals surface area contributed by atoms with Crippen LogP contribution >= 0.6 is 0 Å². The summed E-state index contributed by atoms with van der Waals surface area (Å²) in [6, 6.07) is 7.94. The summed E-state index contributed by atoms with van der Waals surface area (Å²) in [4.78, 5) is 0. The van der Waals surface area contributed by atoms with Crippen molar-refractivity contribution in [3.8, 4) is 0 Å². The second kappa shape index (κ2) is 4.27. The molecule has 0 unspecified atom stereocenters. The smallest absolute Gasteiger partial charge is 0.236 e. The number of fused-ring (bicyclic) bond motifs is 1. The molecular weight excluding hydrogens is 230 g/mol. The fourth-order valence-corrected chi connectivity index (χ4v) is 2.13. The van der Waals surface area contributed by atoms with Gasteiger partial charge in [-0.05, 0) is 6.07 Å². The van der Waals surface area contributed by atoms with Crippen LogP contribution in [0.3, 0.4) is 0 Å². The van der Waals surface area contributed by atoms with Crippen LogP contribution in [0.4, 0.5) is 0 Å². The van der Waals surface area contributed by atoms with Crippen LogP contribution in [-0.4, -0.2) is 19.9 Å². The van der Waals surface area contributed by atoms with Crippen LogP contribution in [-0.2, 0) is 13.2 Å². The first-order valence-electron chi connectivity index (χ1n) is 5.74. The van der Waals surface area contributed by atoms with Gasteiger partial charge >= 0.3 is 0 Å². The van der Waals surface area contributed by atoms with Gasteiger partial charge in [-0.15, -0.1) is 10.2 Å². The molecule has 0 aliphatic carbocycles. The minimum atomic E-state index is 0.0242. The largest absolute Gasteiger partial charge is 0.424 e. The molecule has 2 heterocycles. The number of rotatable bonds is 3. The van der Waals surface area contributed by atoms with Gasteiger partial charge in [-0.3, -0.25) is 0 Å². The van der Waals surface area contributed by atoms with E-state index in [1.54, 1.807) is 6.92 Å². The molecule has 0 aliphatic rings. The number of nitrogens with zero attached hydrogens (tertiary/aromatic N) is 3. The summed E-state index contributed by atoms with van der Waals surface area (Å²) in [7, 11) is 0. The lowest BCUT2D eigenvalue weighted by molar-refractivity contribution is 0.283. The minimum absolute atomic E-state index is 0.0242. The molecule has 5 nitrogen and oxygen atoms in total. The van der Waals surface area contributed by atoms with Crippen LogP contribution in [0.2, 0.25) is 0 Å². The number of benzene rings is 1. The Morgan fingerprint density at radius 2 is 2.11 bits per heavy atom. The predicted molar refractivity (Wildman–Crippen MR) is 66.0 cm³/mol. The molecule has 1 aromatic carbocycles. The summed E-state index contributed by atoms with van der Waals surface area (Å²) in [5, 5.41) is 18.2. The van der Waals surface area contributed by atoms with Crippen molar-refractivity contribution in [2.24, 2.45) is 0 Å². The fourth-order valence-electron chi connectivity index (χ4n) is 2.13. The molecule has 92 valence electrons. The fraction of sp³-hybridized carbons (Fsp3) is 0.231. The summed E-state index contributed by atoms with van der Waals surface area (Å²) >= 11 is 0. The van der Waals surface area contributed by atoms with Crippen LogP contribution in [0, 0.1) is 6.92 Å². The zero-order valence-electron chi connectivity index (χ0n) is 10.00. The maximum atomic E-state index is 9.35. The lowest BCUT2D eigenvalue weighted by Gasteiger charge is -2.00. The Bertz CT molecular complexity index is 684. The normalized spacial score (nSPS) is 11.2. The Labute approximate surface area is 104 Å². The number of aromatic nitrogens is 3. The van der Waals surface area contributed by atoms with Crippen molar-refractivity contribution in [2.45, 2.75) is 20.1 Å². The number of aliphatic hydroxyl groups excluding tert-OH is 1. The average Bonchev–Trinajstić information content (AvgIpc) is 2.95. The van der Waals surface area contributed by atoms with E-state index in [-0.39, 0.29) is 6.61 Å². The van der Waals surface area contributed by atoms with Gasteiger partial charge in [0.05, 0.1) is 6.61 Å².